The first kappa shape index (κ1) is 15.5. The molecule has 2 rings (SSSR count). The molecule has 0 amide bonds. The number of rotatable bonds is 4. The lowest BCUT2D eigenvalue weighted by Gasteiger charge is -2.14. The largest absolute Gasteiger partial charge is 0.507 e. The molecule has 0 saturated carbocycles. The number of nitro benzene ring substituents is 1. The highest BCUT2D eigenvalue weighted by atomic mass is 16.6. The molecular weight excluding hydrogens is 286 g/mol. The Morgan fingerprint density at radius 2 is 1.95 bits per heavy atom. The third-order valence-electron chi connectivity index (χ3n) is 3.29. The summed E-state index contributed by atoms with van der Waals surface area (Å²) >= 11 is 0. The lowest BCUT2D eigenvalue weighted by Crippen LogP contribution is -2.10. The van der Waals surface area contributed by atoms with Crippen LogP contribution in [0.1, 0.15) is 34.5 Å². The molecular formula is C16H15NO5. The van der Waals surface area contributed by atoms with Crippen LogP contribution in [0.2, 0.25) is 0 Å². The summed E-state index contributed by atoms with van der Waals surface area (Å²) in [4.78, 5) is 22.4. The molecule has 0 aliphatic carbocycles. The SMILES string of the molecule is Cc1cccc(C(=O)OC(C)c2cccc([N+](=O)[O-])c2)c1O. The Hall–Kier alpha value is -2.89. The molecule has 22 heavy (non-hydrogen) atoms. The molecule has 114 valence electrons. The summed E-state index contributed by atoms with van der Waals surface area (Å²) in [7, 11) is 0. The Morgan fingerprint density at radius 1 is 1.27 bits per heavy atom. The zero-order valence-corrected chi connectivity index (χ0v) is 12.1. The zero-order valence-electron chi connectivity index (χ0n) is 12.1. The van der Waals surface area contributed by atoms with Crippen molar-refractivity contribution < 1.29 is 19.6 Å². The molecule has 6 nitrogen and oxygen atoms in total. The summed E-state index contributed by atoms with van der Waals surface area (Å²) in [6.07, 6.45) is -0.674. The van der Waals surface area contributed by atoms with Crippen molar-refractivity contribution in [1.29, 1.82) is 0 Å². The maximum absolute atomic E-state index is 12.1. The minimum Gasteiger partial charge on any atom is -0.507 e. The number of esters is 1. The van der Waals surface area contributed by atoms with Crippen molar-refractivity contribution in [2.75, 3.05) is 0 Å². The minimum absolute atomic E-state index is 0.0669. The highest BCUT2D eigenvalue weighted by Gasteiger charge is 2.19. The van der Waals surface area contributed by atoms with E-state index >= 15 is 0 Å². The fourth-order valence-electron chi connectivity index (χ4n) is 2.01. The standard InChI is InChI=1S/C16H15NO5/c1-10-5-3-8-14(15(10)18)16(19)22-11(2)12-6-4-7-13(9-12)17(20)21/h3-9,11,18H,1-2H3. The molecule has 1 unspecified atom stereocenters. The first-order chi connectivity index (χ1) is 10.4. The van der Waals surface area contributed by atoms with Gasteiger partial charge in [0.25, 0.3) is 5.69 Å². The van der Waals surface area contributed by atoms with Crippen LogP contribution in [0.4, 0.5) is 5.69 Å². The minimum atomic E-state index is -0.680. The molecule has 1 atom stereocenters. The second-order valence-electron chi connectivity index (χ2n) is 4.87. The van der Waals surface area contributed by atoms with E-state index < -0.39 is 17.0 Å². The van der Waals surface area contributed by atoms with Crippen LogP contribution in [0, 0.1) is 17.0 Å². The van der Waals surface area contributed by atoms with Crippen molar-refractivity contribution in [3.63, 3.8) is 0 Å². The summed E-state index contributed by atoms with van der Waals surface area (Å²) in [6.45, 7) is 3.29. The Morgan fingerprint density at radius 3 is 2.64 bits per heavy atom. The van der Waals surface area contributed by atoms with E-state index in [1.807, 2.05) is 0 Å². The Kier molecular flexibility index (Phi) is 4.41. The molecule has 1 N–H and O–H groups in total. The fourth-order valence-corrected chi connectivity index (χ4v) is 2.01. The van der Waals surface area contributed by atoms with Gasteiger partial charge in [0.05, 0.1) is 4.92 Å². The van der Waals surface area contributed by atoms with Gasteiger partial charge in [-0.15, -0.1) is 0 Å². The number of phenols is 1. The van der Waals surface area contributed by atoms with Gasteiger partial charge in [-0.25, -0.2) is 4.79 Å². The maximum Gasteiger partial charge on any atom is 0.342 e. The van der Waals surface area contributed by atoms with Gasteiger partial charge in [0.15, 0.2) is 0 Å². The van der Waals surface area contributed by atoms with Crippen molar-refractivity contribution in [1.82, 2.24) is 0 Å². The van der Waals surface area contributed by atoms with Gasteiger partial charge in [0.1, 0.15) is 17.4 Å². The van der Waals surface area contributed by atoms with E-state index in [2.05, 4.69) is 0 Å². The normalized spacial score (nSPS) is 11.7. The van der Waals surface area contributed by atoms with Crippen molar-refractivity contribution >= 4 is 11.7 Å². The number of carbonyl (C=O) groups is 1. The molecule has 6 heteroatoms. The van der Waals surface area contributed by atoms with Gasteiger partial charge in [0.2, 0.25) is 0 Å². The summed E-state index contributed by atoms with van der Waals surface area (Å²) in [5, 5.41) is 20.6. The van der Waals surface area contributed by atoms with Crippen LogP contribution in [0.5, 0.6) is 5.75 Å². The molecule has 0 spiro atoms. The molecule has 0 aromatic heterocycles. The molecule has 0 saturated heterocycles. The second kappa shape index (κ2) is 6.26. The Balaban J connectivity index is 2.19. The monoisotopic (exact) mass is 301 g/mol. The predicted octanol–water partition coefficient (Wildman–Crippen LogP) is 3.53. The summed E-state index contributed by atoms with van der Waals surface area (Å²) in [5.41, 5.74) is 1.07. The number of nitro groups is 1. The topological polar surface area (TPSA) is 89.7 Å². The average Bonchev–Trinajstić information content (AvgIpc) is 2.50. The Bertz CT molecular complexity index is 726. The molecule has 2 aromatic carbocycles. The van der Waals surface area contributed by atoms with Gasteiger partial charge in [0, 0.05) is 12.1 Å². The molecule has 0 heterocycles. The van der Waals surface area contributed by atoms with Gasteiger partial charge < -0.3 is 9.84 Å². The number of carbonyl (C=O) groups excluding carboxylic acids is 1. The smallest absolute Gasteiger partial charge is 0.342 e. The molecule has 0 radical (unpaired) electrons. The van der Waals surface area contributed by atoms with Crippen LogP contribution in [0.3, 0.4) is 0 Å². The van der Waals surface area contributed by atoms with Crippen molar-refractivity contribution in [2.45, 2.75) is 20.0 Å². The number of hydrogen-bond acceptors (Lipinski definition) is 5. The lowest BCUT2D eigenvalue weighted by molar-refractivity contribution is -0.385. The first-order valence-electron chi connectivity index (χ1n) is 6.64. The van der Waals surface area contributed by atoms with Crippen molar-refractivity contribution in [3.8, 4) is 5.75 Å². The number of aryl methyl sites for hydroxylation is 1. The number of para-hydroxylation sites is 1. The van der Waals surface area contributed by atoms with E-state index in [0.717, 1.165) is 0 Å². The van der Waals surface area contributed by atoms with Crippen LogP contribution >= 0.6 is 0 Å². The molecule has 2 aromatic rings. The van der Waals surface area contributed by atoms with E-state index in [4.69, 9.17) is 4.74 Å². The highest BCUT2D eigenvalue weighted by molar-refractivity contribution is 5.93. The number of benzene rings is 2. The van der Waals surface area contributed by atoms with Gasteiger partial charge in [-0.2, -0.15) is 0 Å². The van der Waals surface area contributed by atoms with Gasteiger partial charge >= 0.3 is 5.97 Å². The first-order valence-corrected chi connectivity index (χ1v) is 6.64. The number of hydrogen-bond donors (Lipinski definition) is 1. The third-order valence-corrected chi connectivity index (χ3v) is 3.29. The third kappa shape index (κ3) is 3.22. The van der Waals surface area contributed by atoms with Crippen LogP contribution < -0.4 is 0 Å². The van der Waals surface area contributed by atoms with Crippen molar-refractivity contribution in [3.05, 3.63) is 69.3 Å². The van der Waals surface area contributed by atoms with Crippen LogP contribution in [0.15, 0.2) is 42.5 Å². The van der Waals surface area contributed by atoms with E-state index in [0.29, 0.717) is 11.1 Å². The van der Waals surface area contributed by atoms with E-state index in [1.165, 1.54) is 24.3 Å². The summed E-state index contributed by atoms with van der Waals surface area (Å²) < 4.78 is 5.27. The van der Waals surface area contributed by atoms with Crippen LogP contribution in [0.25, 0.3) is 0 Å². The van der Waals surface area contributed by atoms with Crippen molar-refractivity contribution in [2.24, 2.45) is 0 Å². The van der Waals surface area contributed by atoms with Gasteiger partial charge in [-0.3, -0.25) is 10.1 Å². The fraction of sp³-hybridized carbons (Fsp3) is 0.188. The summed E-state index contributed by atoms with van der Waals surface area (Å²) in [5.74, 6) is -0.807. The number of aromatic hydroxyl groups is 1. The number of phenolic OH excluding ortho intramolecular Hbond substituents is 1. The predicted molar refractivity (Wildman–Crippen MR) is 79.8 cm³/mol. The molecule has 0 aliphatic heterocycles. The van der Waals surface area contributed by atoms with Crippen LogP contribution in [-0.4, -0.2) is 16.0 Å². The van der Waals surface area contributed by atoms with E-state index in [-0.39, 0.29) is 17.0 Å². The molecule has 0 aliphatic rings. The maximum atomic E-state index is 12.1. The number of nitrogens with zero attached hydrogens (tertiary/aromatic N) is 1. The number of non-ortho nitro benzene ring substituents is 1. The van der Waals surface area contributed by atoms with Gasteiger partial charge in [-0.05, 0) is 31.0 Å². The van der Waals surface area contributed by atoms with E-state index in [9.17, 15) is 20.0 Å². The zero-order chi connectivity index (χ0) is 16.3. The number of ether oxygens (including phenoxy) is 1. The van der Waals surface area contributed by atoms with Gasteiger partial charge in [-0.1, -0.05) is 24.3 Å². The van der Waals surface area contributed by atoms with E-state index in [1.54, 1.807) is 32.0 Å². The average molecular weight is 301 g/mol. The van der Waals surface area contributed by atoms with Crippen LogP contribution in [-0.2, 0) is 4.74 Å². The highest BCUT2D eigenvalue weighted by Crippen LogP contribution is 2.26. The second-order valence-corrected chi connectivity index (χ2v) is 4.87. The molecule has 0 fully saturated rings. The Labute approximate surface area is 127 Å². The summed E-state index contributed by atoms with van der Waals surface area (Å²) in [6, 6.07) is 10.7. The lowest BCUT2D eigenvalue weighted by atomic mass is 10.1. The quantitative estimate of drug-likeness (QED) is 0.530. The molecule has 0 bridgehead atoms.